The van der Waals surface area contributed by atoms with Crippen molar-refractivity contribution in [2.75, 3.05) is 19.8 Å². The Morgan fingerprint density at radius 3 is 1.33 bits per heavy atom. The molecule has 0 aromatic carbocycles. The summed E-state index contributed by atoms with van der Waals surface area (Å²) in [4.78, 5) is 25.0. The van der Waals surface area contributed by atoms with Crippen LogP contribution < -0.4 is 0 Å². The van der Waals surface area contributed by atoms with E-state index in [0.717, 1.165) is 51.4 Å². The summed E-state index contributed by atoms with van der Waals surface area (Å²) in [6, 6.07) is 0. The summed E-state index contributed by atoms with van der Waals surface area (Å²) in [7, 11) is 0. The molecule has 1 fully saturated rings. The van der Waals surface area contributed by atoms with Gasteiger partial charge in [-0.1, -0.05) is 168 Å². The van der Waals surface area contributed by atoms with E-state index in [0.29, 0.717) is 6.42 Å². The average Bonchev–Trinajstić information content (AvgIpc) is 3.12. The van der Waals surface area contributed by atoms with E-state index in [1.54, 1.807) is 0 Å². The van der Waals surface area contributed by atoms with Crippen LogP contribution in [-0.4, -0.2) is 89.0 Å². The highest BCUT2D eigenvalue weighted by Crippen LogP contribution is 2.23. The summed E-state index contributed by atoms with van der Waals surface area (Å²) in [6.07, 6.45) is 24.6. The molecule has 0 saturated carbocycles. The van der Waals surface area contributed by atoms with Gasteiger partial charge in [-0.05, 0) is 12.8 Å². The van der Waals surface area contributed by atoms with E-state index in [4.69, 9.17) is 18.9 Å². The van der Waals surface area contributed by atoms with Crippen LogP contribution in [-0.2, 0) is 28.5 Å². The first-order valence-corrected chi connectivity index (χ1v) is 21.1. The largest absolute Gasteiger partial charge is 0.462 e. The highest BCUT2D eigenvalue weighted by atomic mass is 16.7. The third kappa shape index (κ3) is 25.4. The van der Waals surface area contributed by atoms with Gasteiger partial charge in [-0.2, -0.15) is 0 Å². The third-order valence-electron chi connectivity index (χ3n) is 9.99. The van der Waals surface area contributed by atoms with Crippen LogP contribution in [0.4, 0.5) is 0 Å². The van der Waals surface area contributed by atoms with Gasteiger partial charge >= 0.3 is 11.9 Å². The van der Waals surface area contributed by atoms with Gasteiger partial charge in [-0.25, -0.2) is 0 Å². The van der Waals surface area contributed by atoms with Gasteiger partial charge in [0.25, 0.3) is 0 Å². The Hall–Kier alpha value is -1.30. The van der Waals surface area contributed by atoms with Crippen LogP contribution in [0.3, 0.4) is 0 Å². The minimum atomic E-state index is -1.59. The number of unbranched alkanes of at least 4 members (excludes halogenated alkanes) is 24. The Balaban J connectivity index is 2.20. The van der Waals surface area contributed by atoms with E-state index in [1.165, 1.54) is 109 Å². The number of hydrogen-bond acceptors (Lipinski definition) is 10. The maximum atomic E-state index is 12.7. The third-order valence-corrected chi connectivity index (χ3v) is 9.99. The molecule has 6 atom stereocenters. The number of aliphatic hydroxyl groups excluding tert-OH is 4. The molecule has 1 aliphatic heterocycles. The van der Waals surface area contributed by atoms with Crippen molar-refractivity contribution < 1.29 is 49.0 Å². The fraction of sp³-hybridized carbons (Fsp3) is 0.951. The van der Waals surface area contributed by atoms with Crippen LogP contribution >= 0.6 is 0 Å². The van der Waals surface area contributed by atoms with Crippen molar-refractivity contribution in [1.82, 2.24) is 0 Å². The SMILES string of the molecule is CCCCCCCCCCCCCCCCCCCCCCCC(=O)OC(COC(=O)CCCCCCC)COC1OC(CO)C(O)C(O)C1O. The fourth-order valence-corrected chi connectivity index (χ4v) is 6.60. The number of esters is 2. The molecule has 0 bridgehead atoms. The summed E-state index contributed by atoms with van der Waals surface area (Å²) >= 11 is 0. The van der Waals surface area contributed by atoms with Crippen molar-refractivity contribution in [2.24, 2.45) is 0 Å². The first-order valence-electron chi connectivity index (χ1n) is 21.1. The molecular formula is C41H78O10. The summed E-state index contributed by atoms with van der Waals surface area (Å²) in [5, 5.41) is 39.8. The summed E-state index contributed by atoms with van der Waals surface area (Å²) in [5.74, 6) is -0.810. The van der Waals surface area contributed by atoms with E-state index in [9.17, 15) is 30.0 Å². The van der Waals surface area contributed by atoms with Crippen molar-refractivity contribution in [3.8, 4) is 0 Å². The first kappa shape index (κ1) is 47.7. The predicted octanol–water partition coefficient (Wildman–Crippen LogP) is 8.22. The van der Waals surface area contributed by atoms with Crippen molar-refractivity contribution in [3.63, 3.8) is 0 Å². The maximum absolute atomic E-state index is 12.7. The van der Waals surface area contributed by atoms with E-state index in [2.05, 4.69) is 13.8 Å². The molecule has 0 amide bonds. The molecule has 51 heavy (non-hydrogen) atoms. The molecule has 1 saturated heterocycles. The molecule has 10 heteroatoms. The van der Waals surface area contributed by atoms with Gasteiger partial charge < -0.3 is 39.4 Å². The molecule has 0 radical (unpaired) electrons. The standard InChI is InChI=1S/C41H78O10/c1-3-5-7-9-10-11-12-13-14-15-16-17-18-19-20-21-22-23-24-26-28-30-37(44)50-34(32-48-36(43)29-27-25-8-6-4-2)33-49-41-40(47)39(46)38(45)35(31-42)51-41/h34-35,38-42,45-47H,3-33H2,1-2H3. The smallest absolute Gasteiger partial charge is 0.306 e. The van der Waals surface area contributed by atoms with Crippen molar-refractivity contribution in [3.05, 3.63) is 0 Å². The number of ether oxygens (including phenoxy) is 4. The van der Waals surface area contributed by atoms with Gasteiger partial charge in [0, 0.05) is 12.8 Å². The van der Waals surface area contributed by atoms with Crippen molar-refractivity contribution >= 4 is 11.9 Å². The lowest BCUT2D eigenvalue weighted by molar-refractivity contribution is -0.305. The minimum absolute atomic E-state index is 0.212. The monoisotopic (exact) mass is 731 g/mol. The van der Waals surface area contributed by atoms with Gasteiger partial charge in [-0.3, -0.25) is 9.59 Å². The number of rotatable bonds is 35. The number of carbonyl (C=O) groups is 2. The zero-order valence-electron chi connectivity index (χ0n) is 32.6. The second-order valence-electron chi connectivity index (χ2n) is 14.8. The molecule has 1 rings (SSSR count). The number of aliphatic hydroxyl groups is 4. The molecule has 302 valence electrons. The Morgan fingerprint density at radius 1 is 0.529 bits per heavy atom. The zero-order valence-corrected chi connectivity index (χ0v) is 32.6. The molecule has 10 nitrogen and oxygen atoms in total. The normalized spacial score (nSPS) is 21.1. The van der Waals surface area contributed by atoms with Gasteiger partial charge in [0.2, 0.25) is 0 Å². The van der Waals surface area contributed by atoms with Gasteiger partial charge in [0.15, 0.2) is 12.4 Å². The number of hydrogen-bond donors (Lipinski definition) is 4. The topological polar surface area (TPSA) is 152 Å². The lowest BCUT2D eigenvalue weighted by Gasteiger charge is -2.39. The van der Waals surface area contributed by atoms with Crippen LogP contribution in [0.15, 0.2) is 0 Å². The Kier molecular flexibility index (Phi) is 31.1. The zero-order chi connectivity index (χ0) is 37.4. The maximum Gasteiger partial charge on any atom is 0.306 e. The molecule has 0 aliphatic carbocycles. The van der Waals surface area contributed by atoms with Gasteiger partial charge in [0.1, 0.15) is 31.0 Å². The van der Waals surface area contributed by atoms with E-state index in [1.807, 2.05) is 0 Å². The molecule has 1 aliphatic rings. The Morgan fingerprint density at radius 2 is 0.922 bits per heavy atom. The second-order valence-corrected chi connectivity index (χ2v) is 14.8. The van der Waals surface area contributed by atoms with Crippen LogP contribution in [0.25, 0.3) is 0 Å². The first-order chi connectivity index (χ1) is 24.8. The van der Waals surface area contributed by atoms with Crippen LogP contribution in [0.5, 0.6) is 0 Å². The second kappa shape index (κ2) is 33.3. The van der Waals surface area contributed by atoms with E-state index >= 15 is 0 Å². The molecule has 4 N–H and O–H groups in total. The predicted molar refractivity (Wildman–Crippen MR) is 201 cm³/mol. The summed E-state index contributed by atoms with van der Waals surface area (Å²) in [6.45, 7) is 3.34. The quantitative estimate of drug-likeness (QED) is 0.0371. The molecule has 0 aromatic heterocycles. The van der Waals surface area contributed by atoms with E-state index in [-0.39, 0.29) is 32.0 Å². The minimum Gasteiger partial charge on any atom is -0.462 e. The lowest BCUT2D eigenvalue weighted by Crippen LogP contribution is -2.59. The molecule has 0 spiro atoms. The van der Waals surface area contributed by atoms with Gasteiger partial charge in [0.05, 0.1) is 13.2 Å². The van der Waals surface area contributed by atoms with Crippen LogP contribution in [0, 0.1) is 0 Å². The van der Waals surface area contributed by atoms with Crippen LogP contribution in [0.2, 0.25) is 0 Å². The lowest BCUT2D eigenvalue weighted by atomic mass is 9.99. The highest BCUT2D eigenvalue weighted by molar-refractivity contribution is 5.70. The summed E-state index contributed by atoms with van der Waals surface area (Å²) in [5.41, 5.74) is 0. The highest BCUT2D eigenvalue weighted by Gasteiger charge is 2.44. The van der Waals surface area contributed by atoms with Gasteiger partial charge in [-0.15, -0.1) is 0 Å². The Bertz CT molecular complexity index is 809. The molecular weight excluding hydrogens is 652 g/mol. The van der Waals surface area contributed by atoms with Crippen molar-refractivity contribution in [1.29, 1.82) is 0 Å². The molecule has 6 unspecified atom stereocenters. The van der Waals surface area contributed by atoms with Crippen molar-refractivity contribution in [2.45, 2.75) is 230 Å². The van der Waals surface area contributed by atoms with E-state index < -0.39 is 49.4 Å². The van der Waals surface area contributed by atoms with Crippen LogP contribution in [0.1, 0.15) is 194 Å². The Labute approximate surface area is 310 Å². The number of carbonyl (C=O) groups excluding carboxylic acids is 2. The molecule has 1 heterocycles. The molecule has 0 aromatic rings. The average molecular weight is 731 g/mol. The fourth-order valence-electron chi connectivity index (χ4n) is 6.60. The summed E-state index contributed by atoms with van der Waals surface area (Å²) < 4.78 is 22.0.